The van der Waals surface area contributed by atoms with Crippen molar-refractivity contribution in [2.45, 2.75) is 45.7 Å². The van der Waals surface area contributed by atoms with Gasteiger partial charge >= 0.3 is 0 Å². The third-order valence-electron chi connectivity index (χ3n) is 6.09. The van der Waals surface area contributed by atoms with Crippen molar-refractivity contribution >= 4 is 41.3 Å². The Hall–Kier alpha value is -1.93. The van der Waals surface area contributed by atoms with Crippen LogP contribution >= 0.6 is 35.3 Å². The van der Waals surface area contributed by atoms with Crippen LogP contribution < -0.4 is 0 Å². The predicted molar refractivity (Wildman–Crippen MR) is 131 cm³/mol. The molecule has 1 aromatic carbocycles. The van der Waals surface area contributed by atoms with Crippen molar-refractivity contribution in [2.24, 2.45) is 0 Å². The second-order valence-electron chi connectivity index (χ2n) is 8.21. The normalized spacial score (nSPS) is 16.7. The number of nitrogens with zero attached hydrogens (tertiary/aromatic N) is 5. The smallest absolute Gasteiger partial charge is 0.258 e. The van der Waals surface area contributed by atoms with Gasteiger partial charge in [0, 0.05) is 18.5 Å². The molecular weight excluding hydrogens is 465 g/mol. The first-order valence-electron chi connectivity index (χ1n) is 11.0. The van der Waals surface area contributed by atoms with Crippen LogP contribution in [-0.4, -0.2) is 49.9 Å². The van der Waals surface area contributed by atoms with Crippen LogP contribution in [0.4, 0.5) is 0 Å². The highest BCUT2D eigenvalue weighted by molar-refractivity contribution is 7.13. The molecule has 2 aliphatic heterocycles. The Kier molecular flexibility index (Phi) is 6.91. The van der Waals surface area contributed by atoms with Crippen LogP contribution in [0.25, 0.3) is 16.4 Å². The van der Waals surface area contributed by atoms with Crippen molar-refractivity contribution in [1.29, 1.82) is 0 Å². The van der Waals surface area contributed by atoms with E-state index in [9.17, 15) is 4.79 Å². The maximum absolute atomic E-state index is 13.2. The van der Waals surface area contributed by atoms with Crippen molar-refractivity contribution in [2.75, 3.05) is 19.6 Å². The molecule has 1 fully saturated rings. The summed E-state index contributed by atoms with van der Waals surface area (Å²) in [7, 11) is 0. The second-order valence-corrected chi connectivity index (χ2v) is 9.47. The van der Waals surface area contributed by atoms with Gasteiger partial charge in [0.15, 0.2) is 0 Å². The van der Waals surface area contributed by atoms with E-state index in [-0.39, 0.29) is 24.4 Å². The van der Waals surface area contributed by atoms with Gasteiger partial charge < -0.3 is 4.90 Å². The van der Waals surface area contributed by atoms with E-state index >= 15 is 0 Å². The Labute approximate surface area is 203 Å². The largest absolute Gasteiger partial charge is 0.330 e. The van der Waals surface area contributed by atoms with Crippen LogP contribution in [0.5, 0.6) is 0 Å². The lowest BCUT2D eigenvalue weighted by molar-refractivity contribution is 0.0462. The molecule has 5 rings (SSSR count). The number of aromatic nitrogens is 3. The maximum atomic E-state index is 13.2. The lowest BCUT2D eigenvalue weighted by atomic mass is 9.97. The van der Waals surface area contributed by atoms with Crippen LogP contribution in [0.1, 0.15) is 60.9 Å². The summed E-state index contributed by atoms with van der Waals surface area (Å²) in [5, 5.41) is 3.55. The highest BCUT2D eigenvalue weighted by Gasteiger charge is 2.42. The van der Waals surface area contributed by atoms with Gasteiger partial charge in [0.25, 0.3) is 5.91 Å². The van der Waals surface area contributed by atoms with Gasteiger partial charge in [-0.3, -0.25) is 14.3 Å². The van der Waals surface area contributed by atoms with Crippen molar-refractivity contribution in [3.63, 3.8) is 0 Å². The van der Waals surface area contributed by atoms with Gasteiger partial charge in [0.05, 0.1) is 33.7 Å². The molecule has 6 nitrogen and oxygen atoms in total. The molecule has 1 atom stereocenters. The topological polar surface area (TPSA) is 54.3 Å². The van der Waals surface area contributed by atoms with Crippen LogP contribution in [0.3, 0.4) is 0 Å². The van der Waals surface area contributed by atoms with E-state index in [1.807, 2.05) is 27.9 Å². The summed E-state index contributed by atoms with van der Waals surface area (Å²) in [4.78, 5) is 27.2. The molecule has 170 valence electrons. The van der Waals surface area contributed by atoms with Crippen molar-refractivity contribution in [1.82, 2.24) is 24.3 Å². The predicted octanol–water partition coefficient (Wildman–Crippen LogP) is 5.59. The molecule has 3 aromatic rings. The van der Waals surface area contributed by atoms with Crippen LogP contribution in [0.15, 0.2) is 29.9 Å². The molecule has 1 amide bonds. The number of benzene rings is 1. The second kappa shape index (κ2) is 9.51. The third kappa shape index (κ3) is 3.85. The van der Waals surface area contributed by atoms with E-state index in [0.29, 0.717) is 10.6 Å². The Bertz CT molecular complexity index is 1120. The van der Waals surface area contributed by atoms with Crippen LogP contribution in [-0.2, 0) is 6.54 Å². The lowest BCUT2D eigenvalue weighted by Gasteiger charge is -2.39. The summed E-state index contributed by atoms with van der Waals surface area (Å²) in [6, 6.07) is 5.62. The quantitative estimate of drug-likeness (QED) is 0.431. The molecule has 0 spiro atoms. The fourth-order valence-corrected chi connectivity index (χ4v) is 5.70. The Balaban J connectivity index is 0.00000245. The fourth-order valence-electron chi connectivity index (χ4n) is 4.64. The Morgan fingerprint density at radius 3 is 2.72 bits per heavy atom. The van der Waals surface area contributed by atoms with E-state index in [4.69, 9.17) is 21.6 Å². The van der Waals surface area contributed by atoms with Crippen molar-refractivity contribution in [3.8, 4) is 16.4 Å². The zero-order valence-corrected chi connectivity index (χ0v) is 20.6. The minimum Gasteiger partial charge on any atom is -0.330 e. The first-order valence-corrected chi connectivity index (χ1v) is 12.2. The highest BCUT2D eigenvalue weighted by Crippen LogP contribution is 2.45. The average Bonchev–Trinajstić information content (AvgIpc) is 3.33. The van der Waals surface area contributed by atoms with Gasteiger partial charge in [-0.25, -0.2) is 9.97 Å². The van der Waals surface area contributed by atoms with Gasteiger partial charge in [-0.1, -0.05) is 31.5 Å². The molecule has 4 heterocycles. The van der Waals surface area contributed by atoms with Gasteiger partial charge in [0.2, 0.25) is 0 Å². The monoisotopic (exact) mass is 491 g/mol. The average molecular weight is 492 g/mol. The number of rotatable bonds is 7. The van der Waals surface area contributed by atoms with Gasteiger partial charge in [-0.15, -0.1) is 23.7 Å². The first kappa shape index (κ1) is 23.2. The van der Waals surface area contributed by atoms with Gasteiger partial charge in [0.1, 0.15) is 17.0 Å². The molecule has 0 unspecified atom stereocenters. The molecule has 9 heteroatoms. The van der Waals surface area contributed by atoms with Gasteiger partial charge in [-0.05, 0) is 44.5 Å². The number of carbonyl (C=O) groups is 1. The maximum Gasteiger partial charge on any atom is 0.258 e. The number of fused-ring (bicyclic) bond motifs is 5. The Morgan fingerprint density at radius 1 is 1.25 bits per heavy atom. The molecule has 0 saturated carbocycles. The van der Waals surface area contributed by atoms with Crippen molar-refractivity contribution in [3.05, 3.63) is 51.9 Å². The number of hydrogen-bond acceptors (Lipinski definition) is 5. The fraction of sp³-hybridized carbons (Fsp3) is 0.435. The third-order valence-corrected chi connectivity index (χ3v) is 7.30. The van der Waals surface area contributed by atoms with Crippen LogP contribution in [0, 0.1) is 0 Å². The van der Waals surface area contributed by atoms with E-state index < -0.39 is 0 Å². The Morgan fingerprint density at radius 2 is 2.03 bits per heavy atom. The summed E-state index contributed by atoms with van der Waals surface area (Å²) in [6.45, 7) is 8.19. The number of amides is 1. The molecular formula is C23H27Cl2N5OS. The highest BCUT2D eigenvalue weighted by atomic mass is 35.5. The summed E-state index contributed by atoms with van der Waals surface area (Å²) in [6.07, 6.45) is 5.02. The van der Waals surface area contributed by atoms with E-state index in [1.165, 1.54) is 0 Å². The number of hydrogen-bond donors (Lipinski definition) is 0. The van der Waals surface area contributed by atoms with Crippen molar-refractivity contribution < 1.29 is 4.79 Å². The minimum atomic E-state index is 0. The van der Waals surface area contributed by atoms with E-state index in [2.05, 4.69) is 24.1 Å². The molecule has 32 heavy (non-hydrogen) atoms. The minimum absolute atomic E-state index is 0. The standard InChI is InChI=1S/C23H26ClN5OS.ClH/c1-3-9-27(10-4-2)12-15-13-31-22(26-15)20-21-18-8-11-28(18)23(30)19-16(24)6-5-7-17(19)29(21)14-25-20;/h5-7,13-14,18H,3-4,8-12H2,1-2H3;1H/t18-;/m0./s1. The molecule has 0 aliphatic carbocycles. The summed E-state index contributed by atoms with van der Waals surface area (Å²) in [5.41, 5.74) is 4.37. The number of halogens is 2. The number of carbonyl (C=O) groups excluding carboxylic acids is 1. The molecule has 2 aromatic heterocycles. The molecule has 0 N–H and O–H groups in total. The zero-order valence-electron chi connectivity index (χ0n) is 18.3. The SMILES string of the molecule is CCCN(CCC)Cc1csc(-c2ncn3c2[C@@H]2CCN2C(=O)c2c(Cl)cccc2-3)n1.Cl. The first-order chi connectivity index (χ1) is 15.1. The van der Waals surface area contributed by atoms with E-state index in [0.717, 1.165) is 73.2 Å². The summed E-state index contributed by atoms with van der Waals surface area (Å²) < 4.78 is 2.04. The van der Waals surface area contributed by atoms with E-state index in [1.54, 1.807) is 17.4 Å². The molecule has 1 saturated heterocycles. The molecule has 2 aliphatic rings. The molecule has 0 bridgehead atoms. The summed E-state index contributed by atoms with van der Waals surface area (Å²) in [5.74, 6) is 0.00102. The summed E-state index contributed by atoms with van der Waals surface area (Å²) >= 11 is 8.08. The van der Waals surface area contributed by atoms with Crippen LogP contribution in [0.2, 0.25) is 5.02 Å². The lowest BCUT2D eigenvalue weighted by Crippen LogP contribution is -2.44. The van der Waals surface area contributed by atoms with Gasteiger partial charge in [-0.2, -0.15) is 0 Å². The number of thiazole rings is 1. The number of imidazole rings is 1. The molecule has 0 radical (unpaired) electrons. The zero-order chi connectivity index (χ0) is 21.5.